The molecule has 1 heterocycles. The molecule has 0 spiro atoms. The molecule has 1 aromatic heterocycles. The van der Waals surface area contributed by atoms with E-state index in [4.69, 9.17) is 0 Å². The van der Waals surface area contributed by atoms with Crippen LogP contribution in [0.1, 0.15) is 71.4 Å². The van der Waals surface area contributed by atoms with Crippen molar-refractivity contribution in [3.63, 3.8) is 0 Å². The third-order valence-electron chi connectivity index (χ3n) is 3.92. The average Bonchev–Trinajstić information content (AvgIpc) is 2.94. The average molecular weight is 310 g/mol. The quantitative estimate of drug-likeness (QED) is 0.608. The molecule has 1 aromatic rings. The molecule has 128 valence electrons. The van der Waals surface area contributed by atoms with Crippen molar-refractivity contribution in [2.24, 2.45) is 0 Å². The lowest BCUT2D eigenvalue weighted by Gasteiger charge is -2.20. The standard InChI is InChI=1S/C17H34N4O/c1-4-7-10-17(22)15-21-14-16(18-19-21)13-20(11-8-5-2)12-9-6-3/h14,17,22H,4-13,15H2,1-3H3. The van der Waals surface area contributed by atoms with Crippen LogP contribution in [-0.2, 0) is 13.1 Å². The van der Waals surface area contributed by atoms with Crippen LogP contribution in [0.25, 0.3) is 0 Å². The number of aliphatic hydroxyl groups excluding tert-OH is 1. The summed E-state index contributed by atoms with van der Waals surface area (Å²) in [5.74, 6) is 0. The smallest absolute Gasteiger partial charge is 0.0967 e. The summed E-state index contributed by atoms with van der Waals surface area (Å²) in [7, 11) is 0. The van der Waals surface area contributed by atoms with E-state index in [9.17, 15) is 5.11 Å². The van der Waals surface area contributed by atoms with Gasteiger partial charge in [-0.15, -0.1) is 5.10 Å². The van der Waals surface area contributed by atoms with Gasteiger partial charge in [0.05, 0.1) is 18.3 Å². The zero-order chi connectivity index (χ0) is 16.2. The van der Waals surface area contributed by atoms with Gasteiger partial charge in [-0.2, -0.15) is 0 Å². The fourth-order valence-electron chi connectivity index (χ4n) is 2.51. The first kappa shape index (κ1) is 19.1. The Bertz CT molecular complexity index is 372. The first-order valence-electron chi connectivity index (χ1n) is 8.98. The Balaban J connectivity index is 2.46. The van der Waals surface area contributed by atoms with E-state index in [1.54, 1.807) is 4.68 Å². The Morgan fingerprint density at radius 1 is 1.09 bits per heavy atom. The second kappa shape index (κ2) is 11.6. The molecule has 0 fully saturated rings. The molecule has 1 atom stereocenters. The molecule has 0 saturated heterocycles. The molecule has 0 amide bonds. The summed E-state index contributed by atoms with van der Waals surface area (Å²) in [6.07, 6.45) is 9.59. The van der Waals surface area contributed by atoms with Crippen molar-refractivity contribution >= 4 is 0 Å². The summed E-state index contributed by atoms with van der Waals surface area (Å²) in [4.78, 5) is 2.47. The van der Waals surface area contributed by atoms with Crippen LogP contribution in [0.15, 0.2) is 6.20 Å². The van der Waals surface area contributed by atoms with E-state index in [2.05, 4.69) is 36.0 Å². The van der Waals surface area contributed by atoms with Crippen molar-refractivity contribution in [2.45, 2.75) is 84.9 Å². The Kier molecular flexibility index (Phi) is 10.1. The number of rotatable bonds is 13. The zero-order valence-corrected chi connectivity index (χ0v) is 14.7. The summed E-state index contributed by atoms with van der Waals surface area (Å²) < 4.78 is 1.79. The van der Waals surface area contributed by atoms with Gasteiger partial charge in [-0.05, 0) is 32.4 Å². The number of aromatic nitrogens is 3. The number of hydrogen-bond donors (Lipinski definition) is 1. The molecule has 22 heavy (non-hydrogen) atoms. The highest BCUT2D eigenvalue weighted by Gasteiger charge is 2.10. The minimum atomic E-state index is -0.314. The summed E-state index contributed by atoms with van der Waals surface area (Å²) in [5.41, 5.74) is 1.01. The maximum atomic E-state index is 9.96. The van der Waals surface area contributed by atoms with Crippen LogP contribution in [0.4, 0.5) is 0 Å². The summed E-state index contributed by atoms with van der Waals surface area (Å²) >= 11 is 0. The first-order chi connectivity index (χ1) is 10.7. The molecule has 5 nitrogen and oxygen atoms in total. The van der Waals surface area contributed by atoms with Gasteiger partial charge in [0.25, 0.3) is 0 Å². The van der Waals surface area contributed by atoms with Crippen molar-refractivity contribution in [1.82, 2.24) is 19.9 Å². The highest BCUT2D eigenvalue weighted by molar-refractivity contribution is 4.92. The second-order valence-corrected chi connectivity index (χ2v) is 6.21. The molecule has 1 rings (SSSR count). The first-order valence-corrected chi connectivity index (χ1v) is 8.98. The predicted molar refractivity (Wildman–Crippen MR) is 90.6 cm³/mol. The minimum Gasteiger partial charge on any atom is -0.391 e. The van der Waals surface area contributed by atoms with Crippen molar-refractivity contribution in [1.29, 1.82) is 0 Å². The third kappa shape index (κ3) is 7.90. The minimum absolute atomic E-state index is 0.314. The molecular weight excluding hydrogens is 276 g/mol. The molecule has 1 unspecified atom stereocenters. The van der Waals surface area contributed by atoms with Crippen LogP contribution in [0.2, 0.25) is 0 Å². The second-order valence-electron chi connectivity index (χ2n) is 6.21. The highest BCUT2D eigenvalue weighted by Crippen LogP contribution is 2.07. The van der Waals surface area contributed by atoms with Crippen molar-refractivity contribution < 1.29 is 5.11 Å². The topological polar surface area (TPSA) is 54.2 Å². The van der Waals surface area contributed by atoms with E-state index in [1.807, 2.05) is 6.20 Å². The van der Waals surface area contributed by atoms with Crippen LogP contribution in [0.3, 0.4) is 0 Å². The van der Waals surface area contributed by atoms with Gasteiger partial charge in [0, 0.05) is 12.7 Å². The lowest BCUT2D eigenvalue weighted by atomic mass is 10.1. The number of hydrogen-bond acceptors (Lipinski definition) is 4. The van der Waals surface area contributed by atoms with E-state index >= 15 is 0 Å². The fraction of sp³-hybridized carbons (Fsp3) is 0.882. The maximum absolute atomic E-state index is 9.96. The van der Waals surface area contributed by atoms with E-state index in [0.29, 0.717) is 6.54 Å². The SMILES string of the molecule is CCCCC(O)Cn1cc(CN(CCCC)CCCC)nn1. The van der Waals surface area contributed by atoms with E-state index in [-0.39, 0.29) is 6.10 Å². The Labute approximate surface area is 135 Å². The van der Waals surface area contributed by atoms with Crippen LogP contribution in [0, 0.1) is 0 Å². The highest BCUT2D eigenvalue weighted by atomic mass is 16.3. The van der Waals surface area contributed by atoms with Crippen molar-refractivity contribution in [3.05, 3.63) is 11.9 Å². The maximum Gasteiger partial charge on any atom is 0.0967 e. The van der Waals surface area contributed by atoms with Gasteiger partial charge in [-0.3, -0.25) is 4.90 Å². The number of unbranched alkanes of at least 4 members (excludes halogenated alkanes) is 3. The van der Waals surface area contributed by atoms with Gasteiger partial charge in [0.15, 0.2) is 0 Å². The molecular formula is C17H34N4O. The van der Waals surface area contributed by atoms with Gasteiger partial charge in [-0.1, -0.05) is 51.7 Å². The van der Waals surface area contributed by atoms with Gasteiger partial charge < -0.3 is 5.11 Å². The summed E-state index contributed by atoms with van der Waals surface area (Å²) in [6.45, 7) is 10.3. The van der Waals surface area contributed by atoms with Crippen LogP contribution in [0.5, 0.6) is 0 Å². The third-order valence-corrected chi connectivity index (χ3v) is 3.92. The van der Waals surface area contributed by atoms with Gasteiger partial charge in [-0.25, -0.2) is 4.68 Å². The lowest BCUT2D eigenvalue weighted by Crippen LogP contribution is -2.25. The largest absolute Gasteiger partial charge is 0.391 e. The van der Waals surface area contributed by atoms with Crippen LogP contribution >= 0.6 is 0 Å². The normalized spacial score (nSPS) is 13.0. The number of aliphatic hydroxyl groups is 1. The molecule has 0 aliphatic carbocycles. The van der Waals surface area contributed by atoms with E-state index in [1.165, 1.54) is 25.7 Å². The fourth-order valence-corrected chi connectivity index (χ4v) is 2.51. The Hall–Kier alpha value is -0.940. The molecule has 0 saturated carbocycles. The van der Waals surface area contributed by atoms with Crippen LogP contribution < -0.4 is 0 Å². The van der Waals surface area contributed by atoms with Crippen LogP contribution in [-0.4, -0.2) is 44.2 Å². The molecule has 0 aliphatic heterocycles. The van der Waals surface area contributed by atoms with Gasteiger partial charge in [0.1, 0.15) is 0 Å². The zero-order valence-electron chi connectivity index (χ0n) is 14.7. The lowest BCUT2D eigenvalue weighted by molar-refractivity contribution is 0.136. The molecule has 0 radical (unpaired) electrons. The Morgan fingerprint density at radius 3 is 2.32 bits per heavy atom. The molecule has 5 heteroatoms. The van der Waals surface area contributed by atoms with Gasteiger partial charge in [0.2, 0.25) is 0 Å². The molecule has 0 aromatic carbocycles. The van der Waals surface area contributed by atoms with E-state index in [0.717, 1.165) is 44.6 Å². The van der Waals surface area contributed by atoms with Crippen molar-refractivity contribution in [2.75, 3.05) is 13.1 Å². The van der Waals surface area contributed by atoms with E-state index < -0.39 is 0 Å². The van der Waals surface area contributed by atoms with Crippen molar-refractivity contribution in [3.8, 4) is 0 Å². The predicted octanol–water partition coefficient (Wildman–Crippen LogP) is 3.23. The molecule has 1 N–H and O–H groups in total. The molecule has 0 aliphatic rings. The van der Waals surface area contributed by atoms with Gasteiger partial charge >= 0.3 is 0 Å². The number of nitrogens with zero attached hydrogens (tertiary/aromatic N) is 4. The Morgan fingerprint density at radius 2 is 1.73 bits per heavy atom. The molecule has 0 bridgehead atoms. The summed E-state index contributed by atoms with van der Waals surface area (Å²) in [6, 6.07) is 0. The monoisotopic (exact) mass is 310 g/mol. The summed E-state index contributed by atoms with van der Waals surface area (Å²) in [5, 5.41) is 18.4.